The zero-order valence-corrected chi connectivity index (χ0v) is 45.5. The summed E-state index contributed by atoms with van der Waals surface area (Å²) in [6.45, 7) is 4.17. The minimum absolute atomic E-state index is 0.0867. The molecule has 0 aromatic heterocycles. The summed E-state index contributed by atoms with van der Waals surface area (Å²) in [6, 6.07) is -0.657. The summed E-state index contributed by atoms with van der Waals surface area (Å²) in [5.74, 6) is -0.0867. The van der Waals surface area contributed by atoms with Gasteiger partial charge in [0.05, 0.1) is 18.8 Å². The molecule has 0 heterocycles. The summed E-state index contributed by atoms with van der Waals surface area (Å²) in [6.07, 6.45) is 94.3. The fourth-order valence-corrected chi connectivity index (χ4v) is 7.91. The third kappa shape index (κ3) is 55.2. The molecular weight excluding hydrogens is 855 g/mol. The summed E-state index contributed by atoms with van der Waals surface area (Å²) in [5.41, 5.74) is 0. The number of amides is 1. The molecule has 0 aliphatic carbocycles. The lowest BCUT2D eigenvalue weighted by molar-refractivity contribution is -0.123. The van der Waals surface area contributed by atoms with E-state index in [1.165, 1.54) is 122 Å². The first-order valence-corrected chi connectivity index (χ1v) is 29.0. The Bertz CT molecular complexity index is 1470. The van der Waals surface area contributed by atoms with Crippen molar-refractivity contribution in [2.45, 2.75) is 257 Å². The van der Waals surface area contributed by atoms with Crippen LogP contribution in [0.4, 0.5) is 0 Å². The van der Waals surface area contributed by atoms with Gasteiger partial charge in [-0.05, 0) is 116 Å². The molecular formula is C66H109NO3. The molecule has 0 aliphatic rings. The standard InChI is InChI=1S/C66H109NO3/c1-3-5-7-9-11-13-15-17-19-21-23-24-25-26-27-28-29-30-31-32-33-34-35-36-37-38-39-40-41-42-44-46-48-50-52-54-56-58-60-62-66(70)67-64(63-68)65(69)61-59-57-55-53-51-49-47-45-43-22-20-18-16-14-12-10-8-6-4-2/h5,7,11,13,17,19,23-24,26-27,29-30,32-33,35-36,38-39,43,45,51,53,59,61,64-65,68-69H,3-4,6,8-10,12,14-16,18,20-22,25,28,31,34,37,40-42,44,46-50,52,54-58,60,62-63H2,1-2H3,(H,67,70)/b7-5-,13-11-,19-17-,24-23-,27-26-,30-29-,33-32-,36-35-,39-38-,45-43+,53-51+,61-59+. The zero-order valence-electron chi connectivity index (χ0n) is 45.5. The first-order chi connectivity index (χ1) is 34.7. The maximum absolute atomic E-state index is 12.5. The second kappa shape index (κ2) is 59.6. The van der Waals surface area contributed by atoms with Crippen LogP contribution in [0, 0.1) is 0 Å². The first-order valence-electron chi connectivity index (χ1n) is 29.0. The monoisotopic (exact) mass is 964 g/mol. The van der Waals surface area contributed by atoms with Crippen molar-refractivity contribution >= 4 is 5.91 Å². The molecule has 0 saturated heterocycles. The van der Waals surface area contributed by atoms with Crippen LogP contribution in [0.2, 0.25) is 0 Å². The Morgan fingerprint density at radius 3 is 1.00 bits per heavy atom. The van der Waals surface area contributed by atoms with Gasteiger partial charge < -0.3 is 15.5 Å². The number of aliphatic hydroxyl groups excluding tert-OH is 2. The van der Waals surface area contributed by atoms with Gasteiger partial charge in [-0.2, -0.15) is 0 Å². The smallest absolute Gasteiger partial charge is 0.220 e. The summed E-state index contributed by atoms with van der Waals surface area (Å²) in [4.78, 5) is 12.5. The van der Waals surface area contributed by atoms with Crippen molar-refractivity contribution in [2.24, 2.45) is 0 Å². The summed E-state index contributed by atoms with van der Waals surface area (Å²) in [5, 5.41) is 23.1. The Morgan fingerprint density at radius 1 is 0.357 bits per heavy atom. The van der Waals surface area contributed by atoms with E-state index in [1.54, 1.807) is 6.08 Å². The lowest BCUT2D eigenvalue weighted by Gasteiger charge is -2.19. The molecule has 70 heavy (non-hydrogen) atoms. The number of allylic oxidation sites excluding steroid dienone is 23. The average Bonchev–Trinajstić information content (AvgIpc) is 3.36. The van der Waals surface area contributed by atoms with Gasteiger partial charge in [0, 0.05) is 6.42 Å². The van der Waals surface area contributed by atoms with E-state index in [1.807, 2.05) is 6.08 Å². The number of hydrogen-bond acceptors (Lipinski definition) is 3. The van der Waals surface area contributed by atoms with Crippen molar-refractivity contribution in [1.29, 1.82) is 0 Å². The predicted octanol–water partition coefficient (Wildman–Crippen LogP) is 19.6. The fourth-order valence-electron chi connectivity index (χ4n) is 7.91. The molecule has 1 amide bonds. The maximum Gasteiger partial charge on any atom is 0.220 e. The molecule has 0 aliphatic heterocycles. The van der Waals surface area contributed by atoms with Crippen molar-refractivity contribution in [3.8, 4) is 0 Å². The van der Waals surface area contributed by atoms with E-state index in [0.29, 0.717) is 6.42 Å². The van der Waals surface area contributed by atoms with E-state index < -0.39 is 12.1 Å². The number of carbonyl (C=O) groups excluding carboxylic acids is 1. The number of unbranched alkanes of at least 4 members (excludes halogenated alkanes) is 22. The molecule has 0 spiro atoms. The van der Waals surface area contributed by atoms with Crippen LogP contribution in [0.25, 0.3) is 0 Å². The molecule has 396 valence electrons. The first kappa shape index (κ1) is 66.3. The number of rotatable bonds is 51. The van der Waals surface area contributed by atoms with Crippen LogP contribution in [-0.4, -0.2) is 34.9 Å². The molecule has 4 nitrogen and oxygen atoms in total. The Hall–Kier alpha value is -3.73. The van der Waals surface area contributed by atoms with Crippen LogP contribution >= 0.6 is 0 Å². The summed E-state index contributed by atoms with van der Waals surface area (Å²) in [7, 11) is 0. The highest BCUT2D eigenvalue weighted by molar-refractivity contribution is 5.76. The fraction of sp³-hybridized carbons (Fsp3) is 0.621. The number of carbonyl (C=O) groups is 1. The highest BCUT2D eigenvalue weighted by atomic mass is 16.3. The van der Waals surface area contributed by atoms with Gasteiger partial charge in [-0.25, -0.2) is 0 Å². The van der Waals surface area contributed by atoms with Gasteiger partial charge in [0.25, 0.3) is 0 Å². The minimum Gasteiger partial charge on any atom is -0.394 e. The molecule has 0 aromatic rings. The van der Waals surface area contributed by atoms with Gasteiger partial charge in [-0.15, -0.1) is 0 Å². The minimum atomic E-state index is -0.881. The van der Waals surface area contributed by atoms with E-state index in [2.05, 4.69) is 153 Å². The van der Waals surface area contributed by atoms with Crippen LogP contribution in [0.5, 0.6) is 0 Å². The number of hydrogen-bond donors (Lipinski definition) is 3. The van der Waals surface area contributed by atoms with E-state index in [4.69, 9.17) is 0 Å². The molecule has 3 N–H and O–H groups in total. The molecule has 2 unspecified atom stereocenters. The molecule has 4 heteroatoms. The number of nitrogens with one attached hydrogen (secondary N) is 1. The SMILES string of the molecule is CC/C=C\C/C=C\C/C=C\C/C=C\C/C=C\C/C=C\C/C=C\C/C=C\C/C=C\CCCCCCCCCCCCCC(=O)NC(CO)C(O)/C=C/CC/C=C/CC/C=C/CCCCCCCCCCC. The lowest BCUT2D eigenvalue weighted by Crippen LogP contribution is -2.45. The Morgan fingerprint density at radius 2 is 0.643 bits per heavy atom. The van der Waals surface area contributed by atoms with Gasteiger partial charge in [0.15, 0.2) is 0 Å². The predicted molar refractivity (Wildman–Crippen MR) is 312 cm³/mol. The van der Waals surface area contributed by atoms with Gasteiger partial charge in [-0.1, -0.05) is 269 Å². The largest absolute Gasteiger partial charge is 0.394 e. The highest BCUT2D eigenvalue weighted by Gasteiger charge is 2.17. The Balaban J connectivity index is 3.64. The van der Waals surface area contributed by atoms with E-state index >= 15 is 0 Å². The van der Waals surface area contributed by atoms with E-state index in [0.717, 1.165) is 103 Å². The van der Waals surface area contributed by atoms with Crippen molar-refractivity contribution in [3.63, 3.8) is 0 Å². The van der Waals surface area contributed by atoms with Crippen molar-refractivity contribution in [1.82, 2.24) is 5.32 Å². The van der Waals surface area contributed by atoms with E-state index in [-0.39, 0.29) is 12.5 Å². The normalized spacial score (nSPS) is 13.9. The molecule has 0 saturated carbocycles. The molecule has 2 atom stereocenters. The Labute approximate surface area is 433 Å². The van der Waals surface area contributed by atoms with Gasteiger partial charge in [0.2, 0.25) is 5.91 Å². The second-order valence-corrected chi connectivity index (χ2v) is 19.0. The third-order valence-electron chi connectivity index (χ3n) is 12.3. The van der Waals surface area contributed by atoms with Crippen LogP contribution in [0.1, 0.15) is 245 Å². The van der Waals surface area contributed by atoms with Crippen LogP contribution in [0.15, 0.2) is 146 Å². The van der Waals surface area contributed by atoms with Crippen molar-refractivity contribution in [2.75, 3.05) is 6.61 Å². The van der Waals surface area contributed by atoms with Gasteiger partial charge >= 0.3 is 0 Å². The molecule has 0 fully saturated rings. The lowest BCUT2D eigenvalue weighted by atomic mass is 10.0. The zero-order chi connectivity index (χ0) is 50.6. The van der Waals surface area contributed by atoms with Crippen LogP contribution < -0.4 is 5.32 Å². The maximum atomic E-state index is 12.5. The summed E-state index contributed by atoms with van der Waals surface area (Å²) >= 11 is 0. The third-order valence-corrected chi connectivity index (χ3v) is 12.3. The van der Waals surface area contributed by atoms with Gasteiger partial charge in [-0.3, -0.25) is 4.79 Å². The Kier molecular flexibility index (Phi) is 56.4. The highest BCUT2D eigenvalue weighted by Crippen LogP contribution is 2.14. The molecule has 0 radical (unpaired) electrons. The van der Waals surface area contributed by atoms with Crippen molar-refractivity contribution in [3.05, 3.63) is 146 Å². The average molecular weight is 965 g/mol. The topological polar surface area (TPSA) is 69.6 Å². The molecule has 0 rings (SSSR count). The quantitative estimate of drug-likeness (QED) is 0.0420. The van der Waals surface area contributed by atoms with Crippen LogP contribution in [0.3, 0.4) is 0 Å². The van der Waals surface area contributed by atoms with E-state index in [9.17, 15) is 15.0 Å². The molecule has 0 bridgehead atoms. The van der Waals surface area contributed by atoms with Crippen molar-refractivity contribution < 1.29 is 15.0 Å². The van der Waals surface area contributed by atoms with Gasteiger partial charge in [0.1, 0.15) is 0 Å². The number of aliphatic hydroxyl groups is 2. The summed E-state index contributed by atoms with van der Waals surface area (Å²) < 4.78 is 0. The molecule has 0 aromatic carbocycles. The second-order valence-electron chi connectivity index (χ2n) is 19.0. The van der Waals surface area contributed by atoms with Crippen LogP contribution in [-0.2, 0) is 4.79 Å².